The van der Waals surface area contributed by atoms with Crippen molar-refractivity contribution in [2.45, 2.75) is 32.1 Å². The number of rotatable bonds is 1. The summed E-state index contributed by atoms with van der Waals surface area (Å²) in [4.78, 5) is 4.62. The van der Waals surface area contributed by atoms with E-state index in [0.717, 1.165) is 28.3 Å². The van der Waals surface area contributed by atoms with Crippen molar-refractivity contribution in [2.75, 3.05) is 5.32 Å². The van der Waals surface area contributed by atoms with E-state index in [1.807, 2.05) is 60.8 Å². The summed E-state index contributed by atoms with van der Waals surface area (Å²) >= 11 is 0. The molecule has 118 valence electrons. The number of hydrogen-bond acceptors (Lipinski definition) is 4. The molecule has 23 heavy (non-hydrogen) atoms. The molecule has 0 saturated heterocycles. The lowest BCUT2D eigenvalue weighted by molar-refractivity contribution is 0.00198. The molecule has 0 spiro atoms. The number of aliphatic hydroxyl groups excluding tert-OH is 2. The monoisotopic (exact) mass is 309 g/mol. The fraction of sp³-hybridized carbons (Fsp3) is 0.278. The predicted octanol–water partition coefficient (Wildman–Crippen LogP) is 2.51. The molecule has 0 fully saturated rings. The Labute approximate surface area is 134 Å². The number of aryl methyl sites for hydroxylation is 2. The Balaban J connectivity index is 1.90. The minimum atomic E-state index is -0.946. The number of nitrogens with zero attached hydrogens (tertiary/aromatic N) is 2. The van der Waals surface area contributed by atoms with Crippen molar-refractivity contribution in [3.63, 3.8) is 0 Å². The second kappa shape index (κ2) is 5.08. The molecule has 0 saturated carbocycles. The van der Waals surface area contributed by atoms with Crippen molar-refractivity contribution in [1.29, 1.82) is 0 Å². The van der Waals surface area contributed by atoms with Crippen molar-refractivity contribution in [1.82, 2.24) is 9.38 Å². The van der Waals surface area contributed by atoms with Gasteiger partial charge < -0.3 is 19.9 Å². The molecule has 0 radical (unpaired) electrons. The summed E-state index contributed by atoms with van der Waals surface area (Å²) in [5.74, 6) is 0. The third-order valence-electron chi connectivity index (χ3n) is 4.74. The topological polar surface area (TPSA) is 69.8 Å². The molecule has 3 heterocycles. The summed E-state index contributed by atoms with van der Waals surface area (Å²) in [6, 6.07) is 11.1. The molecular weight excluding hydrogens is 290 g/mol. The summed E-state index contributed by atoms with van der Waals surface area (Å²) in [6.07, 6.45) is 0.0347. The number of aliphatic hydroxyl groups is 2. The highest BCUT2D eigenvalue weighted by Crippen LogP contribution is 2.41. The second-order valence-electron chi connectivity index (χ2n) is 6.09. The summed E-state index contributed by atoms with van der Waals surface area (Å²) in [5.41, 5.74) is 5.21. The zero-order valence-corrected chi connectivity index (χ0v) is 13.1. The van der Waals surface area contributed by atoms with E-state index in [2.05, 4.69) is 10.3 Å². The van der Waals surface area contributed by atoms with Gasteiger partial charge in [-0.3, -0.25) is 0 Å². The minimum absolute atomic E-state index is 0.373. The normalized spacial score (nSPS) is 23.6. The van der Waals surface area contributed by atoms with Gasteiger partial charge in [-0.1, -0.05) is 30.3 Å². The van der Waals surface area contributed by atoms with Gasteiger partial charge in [-0.05, 0) is 25.5 Å². The van der Waals surface area contributed by atoms with Crippen LogP contribution in [0.15, 0.2) is 42.6 Å². The summed E-state index contributed by atoms with van der Waals surface area (Å²) in [7, 11) is 0. The average Bonchev–Trinajstić information content (AvgIpc) is 2.86. The highest BCUT2D eigenvalue weighted by atomic mass is 16.3. The fourth-order valence-corrected chi connectivity index (χ4v) is 3.30. The molecule has 0 bridgehead atoms. The molecule has 3 aromatic rings. The molecule has 1 aromatic carbocycles. The van der Waals surface area contributed by atoms with E-state index < -0.39 is 12.2 Å². The first-order valence-electron chi connectivity index (χ1n) is 7.73. The second-order valence-corrected chi connectivity index (χ2v) is 6.09. The Bertz CT molecular complexity index is 873. The van der Waals surface area contributed by atoms with Crippen molar-refractivity contribution in [3.05, 3.63) is 65.1 Å². The van der Waals surface area contributed by atoms with Crippen LogP contribution in [0.5, 0.6) is 0 Å². The van der Waals surface area contributed by atoms with Crippen molar-refractivity contribution in [2.24, 2.45) is 0 Å². The lowest BCUT2D eigenvalue weighted by atomic mass is 9.89. The maximum atomic E-state index is 10.6. The number of anilines is 1. The quantitative estimate of drug-likeness (QED) is 0.646. The van der Waals surface area contributed by atoms with Gasteiger partial charge in [-0.25, -0.2) is 4.98 Å². The highest BCUT2D eigenvalue weighted by molar-refractivity contribution is 5.75. The van der Waals surface area contributed by atoms with E-state index in [1.165, 1.54) is 0 Å². The molecule has 5 nitrogen and oxygen atoms in total. The number of aromatic nitrogens is 2. The van der Waals surface area contributed by atoms with Gasteiger partial charge in [0.05, 0.1) is 17.4 Å². The maximum absolute atomic E-state index is 10.6. The standard InChI is InChI=1S/C18H19N3O2/c1-10-11(2)21-9-8-13-15(18(21)19-10)20-14(17(23)16(13)22)12-6-4-3-5-7-12/h3-9,14,16-17,20,22-23H,1-2H3/t14-,16?,17-/m1/s1. The summed E-state index contributed by atoms with van der Waals surface area (Å²) in [5, 5.41) is 24.5. The van der Waals surface area contributed by atoms with Crippen LogP contribution in [0.1, 0.15) is 34.7 Å². The van der Waals surface area contributed by atoms with Gasteiger partial charge in [-0.2, -0.15) is 0 Å². The van der Waals surface area contributed by atoms with E-state index in [0.29, 0.717) is 5.56 Å². The van der Waals surface area contributed by atoms with Crippen LogP contribution in [0, 0.1) is 13.8 Å². The van der Waals surface area contributed by atoms with Gasteiger partial charge in [0.1, 0.15) is 12.2 Å². The number of nitrogens with one attached hydrogen (secondary N) is 1. The van der Waals surface area contributed by atoms with Crippen molar-refractivity contribution < 1.29 is 10.2 Å². The van der Waals surface area contributed by atoms with Crippen LogP contribution in [-0.4, -0.2) is 25.7 Å². The van der Waals surface area contributed by atoms with Crippen LogP contribution in [0.25, 0.3) is 5.65 Å². The van der Waals surface area contributed by atoms with E-state index in [-0.39, 0.29) is 6.04 Å². The number of hydrogen-bond donors (Lipinski definition) is 3. The largest absolute Gasteiger partial charge is 0.388 e. The average molecular weight is 309 g/mol. The summed E-state index contributed by atoms with van der Waals surface area (Å²) < 4.78 is 2.01. The zero-order valence-electron chi connectivity index (χ0n) is 13.1. The molecule has 1 aliphatic heterocycles. The number of imidazole rings is 1. The van der Waals surface area contributed by atoms with Crippen LogP contribution in [-0.2, 0) is 0 Å². The van der Waals surface area contributed by atoms with E-state index in [9.17, 15) is 10.2 Å². The Kier molecular flexibility index (Phi) is 3.14. The molecule has 3 N–H and O–H groups in total. The molecule has 1 aliphatic rings. The molecule has 2 aromatic heterocycles. The molecule has 5 heteroatoms. The lowest BCUT2D eigenvalue weighted by Gasteiger charge is -2.35. The Morgan fingerprint density at radius 3 is 2.57 bits per heavy atom. The Morgan fingerprint density at radius 2 is 1.83 bits per heavy atom. The van der Waals surface area contributed by atoms with Crippen molar-refractivity contribution in [3.8, 4) is 0 Å². The smallest absolute Gasteiger partial charge is 0.161 e. The molecular formula is C18H19N3O2. The molecule has 3 atom stereocenters. The van der Waals surface area contributed by atoms with Gasteiger partial charge in [-0.15, -0.1) is 0 Å². The first kappa shape index (κ1) is 14.2. The molecule has 0 aliphatic carbocycles. The highest BCUT2D eigenvalue weighted by Gasteiger charge is 2.36. The first-order valence-corrected chi connectivity index (χ1v) is 7.73. The number of benzene rings is 1. The van der Waals surface area contributed by atoms with Gasteiger partial charge >= 0.3 is 0 Å². The maximum Gasteiger partial charge on any atom is 0.161 e. The van der Waals surface area contributed by atoms with Gasteiger partial charge in [0.25, 0.3) is 0 Å². The molecule has 0 amide bonds. The zero-order chi connectivity index (χ0) is 16.1. The summed E-state index contributed by atoms with van der Waals surface area (Å²) in [6.45, 7) is 3.99. The van der Waals surface area contributed by atoms with Gasteiger partial charge in [0, 0.05) is 17.5 Å². The first-order chi connectivity index (χ1) is 11.1. The van der Waals surface area contributed by atoms with Crippen molar-refractivity contribution >= 4 is 11.3 Å². The van der Waals surface area contributed by atoms with Gasteiger partial charge in [0.2, 0.25) is 0 Å². The number of fused-ring (bicyclic) bond motifs is 3. The van der Waals surface area contributed by atoms with E-state index >= 15 is 0 Å². The van der Waals surface area contributed by atoms with Crippen LogP contribution in [0.3, 0.4) is 0 Å². The third kappa shape index (κ3) is 2.04. The van der Waals surface area contributed by atoms with E-state index in [4.69, 9.17) is 0 Å². The predicted molar refractivity (Wildman–Crippen MR) is 88.4 cm³/mol. The molecule has 1 unspecified atom stereocenters. The Hall–Kier alpha value is -2.37. The van der Waals surface area contributed by atoms with Crippen LogP contribution in [0.2, 0.25) is 0 Å². The van der Waals surface area contributed by atoms with Crippen LogP contribution in [0.4, 0.5) is 5.69 Å². The SMILES string of the molecule is Cc1nc2c3c(ccn2c1C)C(O)[C@H](O)[C@@H](c1ccccc1)N3. The van der Waals surface area contributed by atoms with Gasteiger partial charge in [0.15, 0.2) is 5.65 Å². The van der Waals surface area contributed by atoms with Crippen LogP contribution < -0.4 is 5.32 Å². The fourth-order valence-electron chi connectivity index (χ4n) is 3.30. The number of pyridine rings is 1. The third-order valence-corrected chi connectivity index (χ3v) is 4.74. The Morgan fingerprint density at radius 1 is 1.09 bits per heavy atom. The molecule has 4 rings (SSSR count). The lowest BCUT2D eigenvalue weighted by Crippen LogP contribution is -2.36. The van der Waals surface area contributed by atoms with E-state index in [1.54, 1.807) is 0 Å². The minimum Gasteiger partial charge on any atom is -0.388 e. The van der Waals surface area contributed by atoms with Crippen LogP contribution >= 0.6 is 0 Å².